The molecule has 0 bridgehead atoms. The van der Waals surface area contributed by atoms with Gasteiger partial charge in [-0.3, -0.25) is 4.79 Å². The summed E-state index contributed by atoms with van der Waals surface area (Å²) in [5.74, 6) is 2.10. The van der Waals surface area contributed by atoms with E-state index in [0.717, 1.165) is 30.8 Å². The minimum Gasteiger partial charge on any atom is -0.355 e. The second kappa shape index (κ2) is 5.77. The average molecular weight is 292 g/mol. The van der Waals surface area contributed by atoms with E-state index in [1.807, 2.05) is 18.2 Å². The second-order valence-corrected chi connectivity index (χ2v) is 6.57. The Balaban J connectivity index is 1.60. The third kappa shape index (κ3) is 2.58. The summed E-state index contributed by atoms with van der Waals surface area (Å²) < 4.78 is 0. The molecular weight excluding hydrogens is 270 g/mol. The topological polar surface area (TPSA) is 29.1 Å². The first kappa shape index (κ1) is 13.9. The quantitative estimate of drug-likeness (QED) is 0.827. The smallest absolute Gasteiger partial charge is 0.230 e. The largest absolute Gasteiger partial charge is 0.355 e. The van der Waals surface area contributed by atoms with E-state index in [-0.39, 0.29) is 11.3 Å². The number of hydrogen-bond acceptors (Lipinski definition) is 1. The number of halogens is 1. The van der Waals surface area contributed by atoms with Crippen LogP contribution in [0.1, 0.15) is 37.7 Å². The summed E-state index contributed by atoms with van der Waals surface area (Å²) in [6.45, 7) is 0.796. The van der Waals surface area contributed by atoms with E-state index in [4.69, 9.17) is 11.6 Å². The fourth-order valence-corrected chi connectivity index (χ4v) is 3.91. The third-order valence-corrected chi connectivity index (χ3v) is 5.45. The van der Waals surface area contributed by atoms with Gasteiger partial charge in [0, 0.05) is 12.4 Å². The van der Waals surface area contributed by atoms with Crippen molar-refractivity contribution in [3.63, 3.8) is 0 Å². The molecule has 2 aliphatic rings. The number of nitrogens with one attached hydrogen (secondary N) is 1. The van der Waals surface area contributed by atoms with Gasteiger partial charge in [0.15, 0.2) is 0 Å². The first-order valence-electron chi connectivity index (χ1n) is 7.66. The molecule has 1 aromatic rings. The minimum absolute atomic E-state index is 0.212. The summed E-state index contributed by atoms with van der Waals surface area (Å²) in [5, 5.41) is 3.19. The van der Waals surface area contributed by atoms with Gasteiger partial charge >= 0.3 is 0 Å². The Labute approximate surface area is 125 Å². The number of amides is 1. The van der Waals surface area contributed by atoms with Gasteiger partial charge in [-0.2, -0.15) is 0 Å². The Morgan fingerprint density at radius 1 is 1.20 bits per heavy atom. The molecule has 0 aromatic heterocycles. The number of carbonyl (C=O) groups excluding carboxylic acids is 1. The summed E-state index contributed by atoms with van der Waals surface area (Å²) in [6.07, 6.45) is 5.63. The van der Waals surface area contributed by atoms with Crippen molar-refractivity contribution in [3.05, 3.63) is 35.9 Å². The number of hydrogen-bond donors (Lipinski definition) is 1. The van der Waals surface area contributed by atoms with Crippen molar-refractivity contribution < 1.29 is 4.79 Å². The molecule has 1 aromatic carbocycles. The monoisotopic (exact) mass is 291 g/mol. The molecule has 2 aliphatic carbocycles. The standard InChI is InChI=1S/C17H22ClNO/c18-11-13-5-4-6-14(13)12-19-16(20)17(9-10-17)15-7-2-1-3-8-15/h1-3,7-8,13-14H,4-6,9-12H2,(H,19,20). The molecule has 0 saturated heterocycles. The summed E-state index contributed by atoms with van der Waals surface area (Å²) in [7, 11) is 0. The highest BCUT2D eigenvalue weighted by Crippen LogP contribution is 2.48. The van der Waals surface area contributed by atoms with Crippen molar-refractivity contribution in [3.8, 4) is 0 Å². The van der Waals surface area contributed by atoms with Crippen LogP contribution in [0.25, 0.3) is 0 Å². The number of carbonyl (C=O) groups is 1. The Morgan fingerprint density at radius 2 is 1.90 bits per heavy atom. The van der Waals surface area contributed by atoms with Crippen molar-refractivity contribution in [2.45, 2.75) is 37.5 Å². The van der Waals surface area contributed by atoms with Crippen LogP contribution in [-0.2, 0) is 10.2 Å². The zero-order valence-electron chi connectivity index (χ0n) is 11.8. The van der Waals surface area contributed by atoms with Crippen LogP contribution in [0.4, 0.5) is 0 Å². The van der Waals surface area contributed by atoms with Crippen molar-refractivity contribution in [1.82, 2.24) is 5.32 Å². The van der Waals surface area contributed by atoms with Gasteiger partial charge in [-0.15, -0.1) is 11.6 Å². The Morgan fingerprint density at radius 3 is 2.55 bits per heavy atom. The number of alkyl halides is 1. The summed E-state index contributed by atoms with van der Waals surface area (Å²) in [5.41, 5.74) is 0.925. The summed E-state index contributed by atoms with van der Waals surface area (Å²) in [6, 6.07) is 10.2. The van der Waals surface area contributed by atoms with Crippen LogP contribution in [0.2, 0.25) is 0 Å². The van der Waals surface area contributed by atoms with E-state index in [9.17, 15) is 4.79 Å². The molecule has 2 nitrogen and oxygen atoms in total. The predicted molar refractivity (Wildman–Crippen MR) is 81.9 cm³/mol. The normalized spacial score (nSPS) is 27.2. The first-order chi connectivity index (χ1) is 9.76. The zero-order chi connectivity index (χ0) is 14.0. The van der Waals surface area contributed by atoms with E-state index in [1.165, 1.54) is 19.3 Å². The third-order valence-electron chi connectivity index (χ3n) is 5.05. The molecule has 0 aliphatic heterocycles. The Kier molecular flexibility index (Phi) is 4.02. The molecule has 2 unspecified atom stereocenters. The lowest BCUT2D eigenvalue weighted by Crippen LogP contribution is -2.38. The molecule has 0 spiro atoms. The summed E-state index contributed by atoms with van der Waals surface area (Å²) >= 11 is 6.00. The van der Waals surface area contributed by atoms with E-state index >= 15 is 0 Å². The number of benzene rings is 1. The highest BCUT2D eigenvalue weighted by Gasteiger charge is 2.51. The van der Waals surface area contributed by atoms with Crippen molar-refractivity contribution in [2.24, 2.45) is 11.8 Å². The van der Waals surface area contributed by atoms with E-state index in [2.05, 4.69) is 17.4 Å². The Bertz CT molecular complexity index is 469. The second-order valence-electron chi connectivity index (χ2n) is 6.26. The van der Waals surface area contributed by atoms with E-state index < -0.39 is 0 Å². The molecule has 2 saturated carbocycles. The molecule has 20 heavy (non-hydrogen) atoms. The average Bonchev–Trinajstić information content (AvgIpc) is 3.19. The SMILES string of the molecule is O=C(NCC1CCCC1CCl)C1(c2ccccc2)CC1. The maximum Gasteiger partial charge on any atom is 0.230 e. The van der Waals surface area contributed by atoms with Crippen molar-refractivity contribution in [1.29, 1.82) is 0 Å². The van der Waals surface area contributed by atoms with Gasteiger partial charge in [0.1, 0.15) is 0 Å². The van der Waals surface area contributed by atoms with Gasteiger partial charge in [-0.05, 0) is 43.1 Å². The lowest BCUT2D eigenvalue weighted by Gasteiger charge is -2.21. The van der Waals surface area contributed by atoms with Crippen LogP contribution in [0, 0.1) is 11.8 Å². The predicted octanol–water partition coefficient (Wildman–Crippen LogP) is 3.49. The number of rotatable bonds is 5. The molecule has 2 fully saturated rings. The molecule has 0 heterocycles. The molecule has 3 heteroatoms. The molecule has 3 rings (SSSR count). The Hall–Kier alpha value is -1.02. The fraction of sp³-hybridized carbons (Fsp3) is 0.588. The van der Waals surface area contributed by atoms with Gasteiger partial charge in [-0.25, -0.2) is 0 Å². The zero-order valence-corrected chi connectivity index (χ0v) is 12.5. The molecule has 1 N–H and O–H groups in total. The van der Waals surface area contributed by atoms with Crippen molar-refractivity contribution >= 4 is 17.5 Å². The minimum atomic E-state index is -0.240. The molecule has 0 radical (unpaired) electrons. The van der Waals surface area contributed by atoms with E-state index in [1.54, 1.807) is 0 Å². The highest BCUT2D eigenvalue weighted by atomic mass is 35.5. The molecule has 108 valence electrons. The highest BCUT2D eigenvalue weighted by molar-refractivity contribution is 6.18. The van der Waals surface area contributed by atoms with Gasteiger partial charge in [0.2, 0.25) is 5.91 Å². The van der Waals surface area contributed by atoms with Crippen molar-refractivity contribution in [2.75, 3.05) is 12.4 Å². The van der Waals surface area contributed by atoms with Gasteiger partial charge in [0.05, 0.1) is 5.41 Å². The van der Waals surface area contributed by atoms with Crippen LogP contribution in [0.5, 0.6) is 0 Å². The van der Waals surface area contributed by atoms with Gasteiger partial charge in [-0.1, -0.05) is 36.8 Å². The van der Waals surface area contributed by atoms with Crippen LogP contribution < -0.4 is 5.32 Å². The molecule has 1 amide bonds. The molecular formula is C17H22ClNO. The fourth-order valence-electron chi connectivity index (χ4n) is 3.51. The van der Waals surface area contributed by atoms with Gasteiger partial charge in [0.25, 0.3) is 0 Å². The maximum atomic E-state index is 12.5. The van der Waals surface area contributed by atoms with Crippen LogP contribution in [0.15, 0.2) is 30.3 Å². The summed E-state index contributed by atoms with van der Waals surface area (Å²) in [4.78, 5) is 12.5. The van der Waals surface area contributed by atoms with Crippen LogP contribution in [0.3, 0.4) is 0 Å². The van der Waals surface area contributed by atoms with Crippen LogP contribution in [-0.4, -0.2) is 18.3 Å². The molecule has 2 atom stereocenters. The van der Waals surface area contributed by atoms with Gasteiger partial charge < -0.3 is 5.32 Å². The van der Waals surface area contributed by atoms with E-state index in [0.29, 0.717) is 11.8 Å². The van der Waals surface area contributed by atoms with Crippen LogP contribution >= 0.6 is 11.6 Å². The first-order valence-corrected chi connectivity index (χ1v) is 8.19. The lowest BCUT2D eigenvalue weighted by atomic mass is 9.93. The maximum absolute atomic E-state index is 12.5. The lowest BCUT2D eigenvalue weighted by molar-refractivity contribution is -0.123.